The molecule has 0 saturated carbocycles. The standard InChI is InChI=1S/C17H20O2S/c1-20-10-9-14-7-8-17(16(11-14)12-18)19-13-15-5-3-2-4-6-15/h2-8,11,18H,9-10,12-13H2,1H3. The molecule has 0 saturated heterocycles. The van der Waals surface area contributed by atoms with Gasteiger partial charge < -0.3 is 9.84 Å². The zero-order valence-electron chi connectivity index (χ0n) is 11.7. The Morgan fingerprint density at radius 1 is 1.05 bits per heavy atom. The second-order valence-corrected chi connectivity index (χ2v) is 5.60. The molecular weight excluding hydrogens is 268 g/mol. The summed E-state index contributed by atoms with van der Waals surface area (Å²) in [6.07, 6.45) is 3.12. The molecule has 2 aromatic carbocycles. The monoisotopic (exact) mass is 288 g/mol. The summed E-state index contributed by atoms with van der Waals surface area (Å²) in [7, 11) is 0. The van der Waals surface area contributed by atoms with Gasteiger partial charge in [0, 0.05) is 5.56 Å². The summed E-state index contributed by atoms with van der Waals surface area (Å²) >= 11 is 1.83. The van der Waals surface area contributed by atoms with Crippen molar-refractivity contribution in [3.8, 4) is 5.75 Å². The lowest BCUT2D eigenvalue weighted by molar-refractivity contribution is 0.259. The minimum absolute atomic E-state index is 0.0111. The van der Waals surface area contributed by atoms with Gasteiger partial charge in [0.1, 0.15) is 12.4 Å². The Hall–Kier alpha value is -1.45. The molecule has 3 heteroatoms. The van der Waals surface area contributed by atoms with Crippen molar-refractivity contribution in [1.82, 2.24) is 0 Å². The maximum absolute atomic E-state index is 9.48. The molecule has 0 aliphatic carbocycles. The van der Waals surface area contributed by atoms with Gasteiger partial charge in [-0.2, -0.15) is 11.8 Å². The van der Waals surface area contributed by atoms with Crippen molar-refractivity contribution in [2.45, 2.75) is 19.6 Å². The Balaban J connectivity index is 2.03. The molecule has 0 spiro atoms. The van der Waals surface area contributed by atoms with Gasteiger partial charge in [-0.15, -0.1) is 0 Å². The Morgan fingerprint density at radius 3 is 2.55 bits per heavy atom. The minimum Gasteiger partial charge on any atom is -0.489 e. The van der Waals surface area contributed by atoms with Gasteiger partial charge in [-0.25, -0.2) is 0 Å². The summed E-state index contributed by atoms with van der Waals surface area (Å²) in [5, 5.41) is 9.48. The van der Waals surface area contributed by atoms with Crippen LogP contribution in [0.5, 0.6) is 5.75 Å². The summed E-state index contributed by atoms with van der Waals surface area (Å²) in [4.78, 5) is 0. The van der Waals surface area contributed by atoms with Crippen LogP contribution in [0, 0.1) is 0 Å². The maximum atomic E-state index is 9.48. The van der Waals surface area contributed by atoms with Gasteiger partial charge in [-0.3, -0.25) is 0 Å². The van der Waals surface area contributed by atoms with E-state index in [4.69, 9.17) is 4.74 Å². The van der Waals surface area contributed by atoms with Gasteiger partial charge in [-0.1, -0.05) is 36.4 Å². The number of thioether (sulfide) groups is 1. The minimum atomic E-state index is 0.0111. The molecule has 2 aromatic rings. The number of benzene rings is 2. The first-order chi connectivity index (χ1) is 9.83. The molecule has 1 N–H and O–H groups in total. The van der Waals surface area contributed by atoms with E-state index in [0.29, 0.717) is 6.61 Å². The van der Waals surface area contributed by atoms with Crippen molar-refractivity contribution < 1.29 is 9.84 Å². The van der Waals surface area contributed by atoms with Crippen molar-refractivity contribution in [3.05, 3.63) is 65.2 Å². The second kappa shape index (κ2) is 7.98. The molecule has 0 unspecified atom stereocenters. The van der Waals surface area contributed by atoms with E-state index < -0.39 is 0 Å². The molecule has 2 rings (SSSR count). The Kier molecular flexibility index (Phi) is 5.96. The second-order valence-electron chi connectivity index (χ2n) is 4.62. The average Bonchev–Trinajstić information content (AvgIpc) is 2.52. The van der Waals surface area contributed by atoms with Crippen molar-refractivity contribution in [1.29, 1.82) is 0 Å². The van der Waals surface area contributed by atoms with Crippen LogP contribution in [0.3, 0.4) is 0 Å². The fourth-order valence-corrected chi connectivity index (χ4v) is 2.45. The molecule has 0 aliphatic heterocycles. The highest BCUT2D eigenvalue weighted by molar-refractivity contribution is 7.98. The van der Waals surface area contributed by atoms with E-state index in [2.05, 4.69) is 12.3 Å². The first kappa shape index (κ1) is 14.9. The van der Waals surface area contributed by atoms with Crippen LogP contribution >= 0.6 is 11.8 Å². The molecule has 0 fully saturated rings. The normalized spacial score (nSPS) is 10.5. The fraction of sp³-hybridized carbons (Fsp3) is 0.294. The number of aliphatic hydroxyl groups is 1. The number of ether oxygens (including phenoxy) is 1. The van der Waals surface area contributed by atoms with Crippen molar-refractivity contribution in [2.24, 2.45) is 0 Å². The zero-order chi connectivity index (χ0) is 14.2. The first-order valence-corrected chi connectivity index (χ1v) is 8.11. The van der Waals surface area contributed by atoms with Crippen molar-refractivity contribution >= 4 is 11.8 Å². The summed E-state index contributed by atoms with van der Waals surface area (Å²) in [6, 6.07) is 16.1. The Labute approximate surface area is 124 Å². The predicted molar refractivity (Wildman–Crippen MR) is 85.2 cm³/mol. The third-order valence-corrected chi connectivity index (χ3v) is 3.74. The molecule has 0 radical (unpaired) electrons. The largest absolute Gasteiger partial charge is 0.489 e. The highest BCUT2D eigenvalue weighted by Gasteiger charge is 2.05. The van der Waals surface area contributed by atoms with E-state index in [1.165, 1.54) is 5.56 Å². The van der Waals surface area contributed by atoms with Crippen LogP contribution in [0.25, 0.3) is 0 Å². The first-order valence-electron chi connectivity index (χ1n) is 6.72. The molecule has 0 amide bonds. The van der Waals surface area contributed by atoms with E-state index in [-0.39, 0.29) is 6.61 Å². The van der Waals surface area contributed by atoms with E-state index in [1.54, 1.807) is 0 Å². The van der Waals surface area contributed by atoms with Crippen LogP contribution in [-0.4, -0.2) is 17.1 Å². The lowest BCUT2D eigenvalue weighted by Crippen LogP contribution is -2.00. The van der Waals surface area contributed by atoms with Gasteiger partial charge in [0.25, 0.3) is 0 Å². The number of aliphatic hydroxyl groups excluding tert-OH is 1. The smallest absolute Gasteiger partial charge is 0.125 e. The Bertz CT molecular complexity index is 526. The van der Waals surface area contributed by atoms with Crippen LogP contribution in [-0.2, 0) is 19.6 Å². The van der Waals surface area contributed by atoms with E-state index in [0.717, 1.165) is 29.1 Å². The number of rotatable bonds is 7. The molecule has 0 bridgehead atoms. The summed E-state index contributed by atoms with van der Waals surface area (Å²) in [5.41, 5.74) is 3.23. The van der Waals surface area contributed by atoms with Crippen LogP contribution < -0.4 is 4.74 Å². The molecule has 2 nitrogen and oxygen atoms in total. The molecule has 20 heavy (non-hydrogen) atoms. The lowest BCUT2D eigenvalue weighted by atomic mass is 10.1. The van der Waals surface area contributed by atoms with Crippen molar-refractivity contribution in [2.75, 3.05) is 12.0 Å². The zero-order valence-corrected chi connectivity index (χ0v) is 12.5. The number of aryl methyl sites for hydroxylation is 1. The quantitative estimate of drug-likeness (QED) is 0.843. The summed E-state index contributed by atoms with van der Waals surface area (Å²) in [5.74, 6) is 1.86. The van der Waals surface area contributed by atoms with Crippen LogP contribution in [0.4, 0.5) is 0 Å². The average molecular weight is 288 g/mol. The van der Waals surface area contributed by atoms with Crippen LogP contribution in [0.1, 0.15) is 16.7 Å². The molecule has 0 atom stereocenters. The molecular formula is C17H20O2S. The van der Waals surface area contributed by atoms with Crippen LogP contribution in [0.2, 0.25) is 0 Å². The maximum Gasteiger partial charge on any atom is 0.125 e. The summed E-state index contributed by atoms with van der Waals surface area (Å²) in [6.45, 7) is 0.537. The van der Waals surface area contributed by atoms with Gasteiger partial charge in [0.2, 0.25) is 0 Å². The third-order valence-electron chi connectivity index (χ3n) is 3.13. The van der Waals surface area contributed by atoms with Crippen LogP contribution in [0.15, 0.2) is 48.5 Å². The van der Waals surface area contributed by atoms with Gasteiger partial charge in [-0.05, 0) is 41.7 Å². The van der Waals surface area contributed by atoms with Gasteiger partial charge in [0.15, 0.2) is 0 Å². The van der Waals surface area contributed by atoms with E-state index >= 15 is 0 Å². The highest BCUT2D eigenvalue weighted by Crippen LogP contribution is 2.22. The fourth-order valence-electron chi connectivity index (χ4n) is 2.01. The SMILES string of the molecule is CSCCc1ccc(OCc2ccccc2)c(CO)c1. The van der Waals surface area contributed by atoms with Gasteiger partial charge in [0.05, 0.1) is 6.61 Å². The molecule has 0 heterocycles. The molecule has 106 valence electrons. The predicted octanol–water partition coefficient (Wildman–Crippen LogP) is 3.66. The molecule has 0 aromatic heterocycles. The Morgan fingerprint density at radius 2 is 1.85 bits per heavy atom. The lowest BCUT2D eigenvalue weighted by Gasteiger charge is -2.12. The van der Waals surface area contributed by atoms with Crippen molar-refractivity contribution in [3.63, 3.8) is 0 Å². The van der Waals surface area contributed by atoms with E-state index in [1.807, 2.05) is 54.2 Å². The summed E-state index contributed by atoms with van der Waals surface area (Å²) < 4.78 is 5.81. The highest BCUT2D eigenvalue weighted by atomic mass is 32.2. The third kappa shape index (κ3) is 4.29. The molecule has 0 aliphatic rings. The number of hydrogen-bond donors (Lipinski definition) is 1. The van der Waals surface area contributed by atoms with Gasteiger partial charge >= 0.3 is 0 Å². The topological polar surface area (TPSA) is 29.5 Å². The number of hydrogen-bond acceptors (Lipinski definition) is 3. The van der Waals surface area contributed by atoms with E-state index in [9.17, 15) is 5.11 Å².